The molecule has 2 N–H and O–H groups in total. The maximum absolute atomic E-state index is 11.8. The highest BCUT2D eigenvalue weighted by atomic mass is 32.2. The van der Waals surface area contributed by atoms with Gasteiger partial charge in [0.25, 0.3) is 5.91 Å². The summed E-state index contributed by atoms with van der Waals surface area (Å²) < 4.78 is 10.5. The summed E-state index contributed by atoms with van der Waals surface area (Å²) in [6.07, 6.45) is 3.28. The molecule has 0 unspecified atom stereocenters. The molecule has 3 rings (SSSR count). The molecule has 0 fully saturated rings. The van der Waals surface area contributed by atoms with Gasteiger partial charge in [-0.05, 0) is 36.8 Å². The van der Waals surface area contributed by atoms with E-state index in [0.717, 1.165) is 15.8 Å². The number of hydrazine groups is 1. The lowest BCUT2D eigenvalue weighted by Gasteiger charge is -2.09. The summed E-state index contributed by atoms with van der Waals surface area (Å²) in [5, 5.41) is 0.787. The van der Waals surface area contributed by atoms with E-state index in [4.69, 9.17) is 9.15 Å². The van der Waals surface area contributed by atoms with Crippen LogP contribution in [0.15, 0.2) is 62.9 Å². The van der Waals surface area contributed by atoms with Crippen LogP contribution in [0.2, 0.25) is 0 Å². The third-order valence-corrected chi connectivity index (χ3v) is 4.67. The molecule has 0 spiro atoms. The third-order valence-electron chi connectivity index (χ3n) is 3.65. The van der Waals surface area contributed by atoms with E-state index in [-0.39, 0.29) is 18.3 Å². The number of carbonyl (C=O) groups excluding carboxylic acids is 2. The van der Waals surface area contributed by atoms with Crippen molar-refractivity contribution < 1.29 is 18.7 Å². The first-order chi connectivity index (χ1) is 13.5. The summed E-state index contributed by atoms with van der Waals surface area (Å²) in [5.74, 6) is -0.351. The normalized spacial score (nSPS) is 10.5. The van der Waals surface area contributed by atoms with Gasteiger partial charge in [-0.3, -0.25) is 25.4 Å². The molecule has 0 aliphatic heterocycles. The lowest BCUT2D eigenvalue weighted by molar-refractivity contribution is -0.128. The standard InChI is InChI=1S/C19H17N3O5S/c1-12-8-19(25)27-16-9-13(2-3-15(12)16)26-10-17(23)21-22-18(24)11-28-14-4-6-20-7-5-14/h2-9H,10-11H2,1H3,(H,21,23)(H,22,24). The molecule has 9 heteroatoms. The van der Waals surface area contributed by atoms with Crippen LogP contribution < -0.4 is 21.2 Å². The van der Waals surface area contributed by atoms with Crippen molar-refractivity contribution in [1.29, 1.82) is 0 Å². The van der Waals surface area contributed by atoms with E-state index in [1.807, 2.05) is 6.92 Å². The molecule has 0 aliphatic rings. The Bertz CT molecular complexity index is 1050. The summed E-state index contributed by atoms with van der Waals surface area (Å²) >= 11 is 1.32. The fourth-order valence-corrected chi connectivity index (χ4v) is 3.02. The van der Waals surface area contributed by atoms with E-state index in [0.29, 0.717) is 11.3 Å². The highest BCUT2D eigenvalue weighted by Gasteiger charge is 2.08. The molecule has 2 aromatic heterocycles. The molecule has 0 atom stereocenters. The van der Waals surface area contributed by atoms with E-state index in [2.05, 4.69) is 15.8 Å². The number of thioether (sulfide) groups is 1. The zero-order valence-electron chi connectivity index (χ0n) is 14.9. The number of hydrogen-bond donors (Lipinski definition) is 2. The summed E-state index contributed by atoms with van der Waals surface area (Å²) in [7, 11) is 0. The van der Waals surface area contributed by atoms with Crippen molar-refractivity contribution in [2.24, 2.45) is 0 Å². The highest BCUT2D eigenvalue weighted by molar-refractivity contribution is 8.00. The second-order valence-electron chi connectivity index (χ2n) is 5.76. The largest absolute Gasteiger partial charge is 0.484 e. The van der Waals surface area contributed by atoms with Crippen LogP contribution in [0.25, 0.3) is 11.0 Å². The van der Waals surface area contributed by atoms with Gasteiger partial charge in [-0.1, -0.05) is 0 Å². The van der Waals surface area contributed by atoms with Gasteiger partial charge < -0.3 is 9.15 Å². The Labute approximate surface area is 164 Å². The maximum atomic E-state index is 11.8. The maximum Gasteiger partial charge on any atom is 0.336 e. The average molecular weight is 399 g/mol. The molecule has 144 valence electrons. The Morgan fingerprint density at radius 1 is 1.11 bits per heavy atom. The molecule has 0 bridgehead atoms. The third kappa shape index (κ3) is 5.34. The molecule has 8 nitrogen and oxygen atoms in total. The predicted molar refractivity (Wildman–Crippen MR) is 104 cm³/mol. The molecule has 1 aromatic carbocycles. The Morgan fingerprint density at radius 2 is 1.86 bits per heavy atom. The van der Waals surface area contributed by atoms with Crippen molar-refractivity contribution in [3.05, 3.63) is 64.8 Å². The summed E-state index contributed by atoms with van der Waals surface area (Å²) in [5.41, 5.74) is 5.32. The number of pyridine rings is 1. The number of benzene rings is 1. The van der Waals surface area contributed by atoms with Crippen molar-refractivity contribution >= 4 is 34.5 Å². The van der Waals surface area contributed by atoms with Crippen LogP contribution >= 0.6 is 11.8 Å². The molecular formula is C19H17N3O5S. The van der Waals surface area contributed by atoms with Crippen molar-refractivity contribution in [3.8, 4) is 5.75 Å². The van der Waals surface area contributed by atoms with Gasteiger partial charge in [0.1, 0.15) is 11.3 Å². The van der Waals surface area contributed by atoms with Gasteiger partial charge in [-0.25, -0.2) is 4.79 Å². The van der Waals surface area contributed by atoms with Gasteiger partial charge in [0.05, 0.1) is 5.75 Å². The summed E-state index contributed by atoms with van der Waals surface area (Å²) in [6, 6.07) is 9.95. The average Bonchev–Trinajstić information content (AvgIpc) is 2.69. The lowest BCUT2D eigenvalue weighted by Crippen LogP contribution is -2.44. The number of amides is 2. The fourth-order valence-electron chi connectivity index (χ4n) is 2.34. The fraction of sp³-hybridized carbons (Fsp3) is 0.158. The zero-order valence-corrected chi connectivity index (χ0v) is 15.7. The number of nitrogens with zero attached hydrogens (tertiary/aromatic N) is 1. The first-order valence-corrected chi connectivity index (χ1v) is 9.27. The molecule has 2 amide bonds. The van der Waals surface area contributed by atoms with E-state index >= 15 is 0 Å². The number of carbonyl (C=O) groups is 2. The van der Waals surface area contributed by atoms with Gasteiger partial charge in [0.2, 0.25) is 5.91 Å². The number of nitrogens with one attached hydrogen (secondary N) is 2. The van der Waals surface area contributed by atoms with Crippen molar-refractivity contribution in [1.82, 2.24) is 15.8 Å². The van der Waals surface area contributed by atoms with Crippen LogP contribution in [-0.2, 0) is 9.59 Å². The Hall–Kier alpha value is -3.33. The molecule has 0 aliphatic carbocycles. The molecule has 2 heterocycles. The van der Waals surface area contributed by atoms with E-state index < -0.39 is 11.5 Å². The number of ether oxygens (including phenoxy) is 1. The zero-order chi connectivity index (χ0) is 19.9. The van der Waals surface area contributed by atoms with Crippen LogP contribution in [0.3, 0.4) is 0 Å². The number of hydrogen-bond acceptors (Lipinski definition) is 7. The first kappa shape index (κ1) is 19.4. The van der Waals surface area contributed by atoms with Crippen LogP contribution in [-0.4, -0.2) is 29.2 Å². The minimum absolute atomic E-state index is 0.147. The smallest absolute Gasteiger partial charge is 0.336 e. The molecule has 0 saturated heterocycles. The van der Waals surface area contributed by atoms with Crippen molar-refractivity contribution in [2.75, 3.05) is 12.4 Å². The first-order valence-electron chi connectivity index (χ1n) is 8.29. The van der Waals surface area contributed by atoms with E-state index in [1.165, 1.54) is 17.8 Å². The molecular weight excluding hydrogens is 382 g/mol. The van der Waals surface area contributed by atoms with Crippen molar-refractivity contribution in [3.63, 3.8) is 0 Å². The quantitative estimate of drug-likeness (QED) is 0.369. The summed E-state index contributed by atoms with van der Waals surface area (Å²) in [4.78, 5) is 39.8. The number of fused-ring (bicyclic) bond motifs is 1. The second-order valence-corrected chi connectivity index (χ2v) is 6.81. The highest BCUT2D eigenvalue weighted by Crippen LogP contribution is 2.22. The minimum atomic E-state index is -0.520. The minimum Gasteiger partial charge on any atom is -0.484 e. The van der Waals surface area contributed by atoms with Crippen LogP contribution in [0.5, 0.6) is 5.75 Å². The number of rotatable bonds is 6. The summed E-state index contributed by atoms with van der Waals surface area (Å²) in [6.45, 7) is 1.50. The van der Waals surface area contributed by atoms with Gasteiger partial charge in [-0.15, -0.1) is 11.8 Å². The van der Waals surface area contributed by atoms with Crippen molar-refractivity contribution in [2.45, 2.75) is 11.8 Å². The Balaban J connectivity index is 1.45. The van der Waals surface area contributed by atoms with Crippen LogP contribution in [0.4, 0.5) is 0 Å². The Kier molecular flexibility index (Phi) is 6.28. The molecule has 28 heavy (non-hydrogen) atoms. The molecule has 0 saturated carbocycles. The monoisotopic (exact) mass is 399 g/mol. The van der Waals surface area contributed by atoms with Gasteiger partial charge in [0.15, 0.2) is 6.61 Å². The number of aromatic nitrogens is 1. The van der Waals surface area contributed by atoms with E-state index in [9.17, 15) is 14.4 Å². The number of aryl methyl sites for hydroxylation is 1. The predicted octanol–water partition coefficient (Wildman–Crippen LogP) is 1.81. The Morgan fingerprint density at radius 3 is 2.64 bits per heavy atom. The SMILES string of the molecule is Cc1cc(=O)oc2cc(OCC(=O)NNC(=O)CSc3ccncc3)ccc12. The lowest BCUT2D eigenvalue weighted by atomic mass is 10.1. The molecule has 0 radical (unpaired) electrons. The second kappa shape index (κ2) is 9.05. The topological polar surface area (TPSA) is 111 Å². The van der Waals surface area contributed by atoms with Gasteiger partial charge >= 0.3 is 5.63 Å². The van der Waals surface area contributed by atoms with Crippen LogP contribution in [0.1, 0.15) is 5.56 Å². The molecule has 3 aromatic rings. The van der Waals surface area contributed by atoms with E-state index in [1.54, 1.807) is 42.7 Å². The van der Waals surface area contributed by atoms with Gasteiger partial charge in [0, 0.05) is 34.8 Å². The van der Waals surface area contributed by atoms with Crippen LogP contribution in [0, 0.1) is 6.92 Å². The van der Waals surface area contributed by atoms with Gasteiger partial charge in [-0.2, -0.15) is 0 Å².